The molecule has 134 valence electrons. The molecule has 0 fully saturated rings. The van der Waals surface area contributed by atoms with Crippen molar-refractivity contribution in [1.82, 2.24) is 0 Å². The number of halogens is 1. The third-order valence-electron chi connectivity index (χ3n) is 3.93. The number of fused-ring (bicyclic) bond motifs is 1. The predicted octanol–water partition coefficient (Wildman–Crippen LogP) is 3.55. The summed E-state index contributed by atoms with van der Waals surface area (Å²) in [5.74, 6) is 0.809. The molecule has 7 heteroatoms. The van der Waals surface area contributed by atoms with Crippen molar-refractivity contribution in [2.45, 2.75) is 6.92 Å². The molecular weight excluding hydrogens is 354 g/mol. The summed E-state index contributed by atoms with van der Waals surface area (Å²) < 4.78 is 10.8. The number of hydrogen-bond donors (Lipinski definition) is 0. The number of amides is 1. The summed E-state index contributed by atoms with van der Waals surface area (Å²) in [6.45, 7) is 2.35. The second kappa shape index (κ2) is 7.58. The topological polar surface area (TPSA) is 63.5 Å². The number of methoxy groups -OCH3 is 1. The van der Waals surface area contributed by atoms with E-state index < -0.39 is 0 Å². The molecule has 1 aliphatic rings. The maximum Gasteiger partial charge on any atom is 0.279 e. The van der Waals surface area contributed by atoms with Gasteiger partial charge in [0.15, 0.2) is 17.2 Å². The molecule has 2 aromatic rings. The number of nitrogens with zero attached hydrogens (tertiary/aromatic N) is 3. The minimum Gasteiger partial charge on any atom is -0.491 e. The Kier molecular flexibility index (Phi) is 5.23. The molecule has 0 saturated heterocycles. The maximum atomic E-state index is 12.3. The van der Waals surface area contributed by atoms with Crippen LogP contribution in [0.25, 0.3) is 0 Å². The summed E-state index contributed by atoms with van der Waals surface area (Å²) in [5.41, 5.74) is 2.58. The lowest BCUT2D eigenvalue weighted by Crippen LogP contribution is -2.25. The van der Waals surface area contributed by atoms with E-state index in [-0.39, 0.29) is 5.91 Å². The highest BCUT2D eigenvalue weighted by Gasteiger charge is 2.30. The average molecular weight is 372 g/mol. The zero-order chi connectivity index (χ0) is 18.7. The fourth-order valence-corrected chi connectivity index (χ4v) is 3.02. The summed E-state index contributed by atoms with van der Waals surface area (Å²) in [6, 6.07) is 10.9. The van der Waals surface area contributed by atoms with E-state index in [1.165, 1.54) is 13.3 Å². The van der Waals surface area contributed by atoms with E-state index in [1.807, 2.05) is 31.2 Å². The Bertz CT molecular complexity index is 909. The third-order valence-corrected chi connectivity index (χ3v) is 4.21. The van der Waals surface area contributed by atoms with Crippen LogP contribution in [-0.4, -0.2) is 38.6 Å². The number of anilines is 1. The van der Waals surface area contributed by atoms with Gasteiger partial charge in [-0.15, -0.1) is 5.10 Å². The Hall–Kier alpha value is -2.86. The second-order valence-corrected chi connectivity index (χ2v) is 5.95. The molecule has 6 nitrogen and oxygen atoms in total. The van der Waals surface area contributed by atoms with E-state index in [9.17, 15) is 4.79 Å². The SMILES string of the molecule is CCOc1cc(/C=N\N=C2/C(=O)N(C)c3ccccc32)cc(Cl)c1OC. The number of rotatable bonds is 5. The number of hydrogen-bond acceptors (Lipinski definition) is 5. The zero-order valence-corrected chi connectivity index (χ0v) is 15.4. The van der Waals surface area contributed by atoms with E-state index in [4.69, 9.17) is 21.1 Å². The van der Waals surface area contributed by atoms with Gasteiger partial charge < -0.3 is 14.4 Å². The monoisotopic (exact) mass is 371 g/mol. The lowest BCUT2D eigenvalue weighted by molar-refractivity contribution is -0.111. The van der Waals surface area contributed by atoms with Crippen LogP contribution < -0.4 is 14.4 Å². The van der Waals surface area contributed by atoms with Crippen molar-refractivity contribution in [1.29, 1.82) is 0 Å². The first-order valence-corrected chi connectivity index (χ1v) is 8.43. The highest BCUT2D eigenvalue weighted by Crippen LogP contribution is 2.36. The van der Waals surface area contributed by atoms with E-state index in [1.54, 1.807) is 24.1 Å². The lowest BCUT2D eigenvalue weighted by Gasteiger charge is -2.11. The van der Waals surface area contributed by atoms with Crippen LogP contribution in [-0.2, 0) is 4.79 Å². The van der Waals surface area contributed by atoms with E-state index in [0.717, 1.165) is 11.3 Å². The quantitative estimate of drug-likeness (QED) is 0.596. The van der Waals surface area contributed by atoms with Gasteiger partial charge >= 0.3 is 0 Å². The molecule has 0 bridgehead atoms. The lowest BCUT2D eigenvalue weighted by atomic mass is 10.1. The second-order valence-electron chi connectivity index (χ2n) is 5.54. The molecule has 0 unspecified atom stereocenters. The molecule has 0 aromatic heterocycles. The minimum atomic E-state index is -0.189. The summed E-state index contributed by atoms with van der Waals surface area (Å²) >= 11 is 6.22. The predicted molar refractivity (Wildman–Crippen MR) is 103 cm³/mol. The highest BCUT2D eigenvalue weighted by atomic mass is 35.5. The van der Waals surface area contributed by atoms with Gasteiger partial charge in [-0.25, -0.2) is 0 Å². The molecule has 3 rings (SSSR count). The molecule has 26 heavy (non-hydrogen) atoms. The highest BCUT2D eigenvalue weighted by molar-refractivity contribution is 6.54. The summed E-state index contributed by atoms with van der Waals surface area (Å²) in [4.78, 5) is 13.9. The molecule has 0 aliphatic carbocycles. The Morgan fingerprint density at radius 2 is 2.04 bits per heavy atom. The van der Waals surface area contributed by atoms with Crippen molar-refractivity contribution in [3.8, 4) is 11.5 Å². The summed E-state index contributed by atoms with van der Waals surface area (Å²) in [6.07, 6.45) is 1.52. The van der Waals surface area contributed by atoms with Crippen molar-refractivity contribution in [2.24, 2.45) is 10.2 Å². The van der Waals surface area contributed by atoms with Gasteiger partial charge in [-0.1, -0.05) is 29.8 Å². The number of ether oxygens (including phenoxy) is 2. The van der Waals surface area contributed by atoms with E-state index >= 15 is 0 Å². The standard InChI is InChI=1S/C19H18ClN3O3/c1-4-26-16-10-12(9-14(20)18(16)25-3)11-21-22-17-13-7-5-6-8-15(13)23(2)19(17)24/h5-11H,4H2,1-3H3/b21-11-,22-17-. The first-order valence-electron chi connectivity index (χ1n) is 8.05. The molecule has 1 amide bonds. The molecule has 1 heterocycles. The molecule has 0 atom stereocenters. The summed E-state index contributed by atoms with van der Waals surface area (Å²) in [7, 11) is 3.24. The van der Waals surface area contributed by atoms with Gasteiger partial charge in [-0.3, -0.25) is 4.79 Å². The first kappa shape index (κ1) is 17.9. The number of benzene rings is 2. The van der Waals surface area contributed by atoms with Crippen molar-refractivity contribution in [3.63, 3.8) is 0 Å². The van der Waals surface area contributed by atoms with Crippen LogP contribution in [0.5, 0.6) is 11.5 Å². The van der Waals surface area contributed by atoms with Crippen LogP contribution in [0.2, 0.25) is 5.02 Å². The van der Waals surface area contributed by atoms with Crippen LogP contribution in [0.3, 0.4) is 0 Å². The molecular formula is C19H18ClN3O3. The number of carbonyl (C=O) groups is 1. The van der Waals surface area contributed by atoms with Gasteiger partial charge in [0.25, 0.3) is 5.91 Å². The number of para-hydroxylation sites is 1. The van der Waals surface area contributed by atoms with Crippen LogP contribution in [0.4, 0.5) is 5.69 Å². The zero-order valence-electron chi connectivity index (χ0n) is 14.7. The van der Waals surface area contributed by atoms with E-state index in [0.29, 0.717) is 34.4 Å². The Balaban J connectivity index is 1.91. The van der Waals surface area contributed by atoms with Crippen molar-refractivity contribution in [3.05, 3.63) is 52.5 Å². The van der Waals surface area contributed by atoms with Gasteiger partial charge in [0, 0.05) is 18.2 Å². The normalized spacial score (nSPS) is 15.0. The van der Waals surface area contributed by atoms with Gasteiger partial charge in [0.05, 0.1) is 30.6 Å². The molecule has 0 radical (unpaired) electrons. The largest absolute Gasteiger partial charge is 0.491 e. The van der Waals surface area contributed by atoms with Crippen LogP contribution >= 0.6 is 11.6 Å². The van der Waals surface area contributed by atoms with Crippen LogP contribution in [0, 0.1) is 0 Å². The molecule has 0 spiro atoms. The summed E-state index contributed by atoms with van der Waals surface area (Å²) in [5, 5.41) is 8.60. The van der Waals surface area contributed by atoms with Gasteiger partial charge in [0.1, 0.15) is 0 Å². The number of carbonyl (C=O) groups excluding carboxylic acids is 1. The third kappa shape index (κ3) is 3.28. The van der Waals surface area contributed by atoms with Crippen molar-refractivity contribution < 1.29 is 14.3 Å². The van der Waals surface area contributed by atoms with Gasteiger partial charge in [0.2, 0.25) is 0 Å². The smallest absolute Gasteiger partial charge is 0.279 e. The maximum absolute atomic E-state index is 12.3. The molecule has 0 saturated carbocycles. The Morgan fingerprint density at radius 1 is 1.27 bits per heavy atom. The van der Waals surface area contributed by atoms with E-state index in [2.05, 4.69) is 10.2 Å². The molecule has 0 N–H and O–H groups in total. The molecule has 2 aromatic carbocycles. The fourth-order valence-electron chi connectivity index (χ4n) is 2.72. The van der Waals surface area contributed by atoms with Crippen molar-refractivity contribution in [2.75, 3.05) is 25.7 Å². The van der Waals surface area contributed by atoms with Gasteiger partial charge in [-0.2, -0.15) is 5.10 Å². The van der Waals surface area contributed by atoms with Gasteiger partial charge in [-0.05, 0) is 25.1 Å². The fraction of sp³-hybridized carbons (Fsp3) is 0.211. The van der Waals surface area contributed by atoms with Crippen LogP contribution in [0.1, 0.15) is 18.1 Å². The Labute approximate surface area is 156 Å². The first-order chi connectivity index (χ1) is 12.6. The molecule has 1 aliphatic heterocycles. The van der Waals surface area contributed by atoms with Crippen LogP contribution in [0.15, 0.2) is 46.6 Å². The number of likely N-dealkylation sites (N-methyl/N-ethyl adjacent to an activating group) is 1. The average Bonchev–Trinajstić information content (AvgIpc) is 2.87. The minimum absolute atomic E-state index is 0.189. The van der Waals surface area contributed by atoms with Crippen molar-refractivity contribution >= 4 is 35.1 Å². The Morgan fingerprint density at radius 3 is 2.77 bits per heavy atom.